The first kappa shape index (κ1) is 20.0. The van der Waals surface area contributed by atoms with Crippen molar-refractivity contribution in [1.82, 2.24) is 4.90 Å². The van der Waals surface area contributed by atoms with Gasteiger partial charge in [0.25, 0.3) is 5.91 Å². The molecule has 4 heteroatoms. The number of likely N-dealkylation sites (tertiary alicyclic amines) is 1. The molecule has 1 N–H and O–H groups in total. The SMILES string of the molecule is CCCC1(O)C(=O)N(C2CCN(C3Cc4cccc5cccc3c45)CC2)c2ccccc21. The van der Waals surface area contributed by atoms with Gasteiger partial charge in [0, 0.05) is 30.7 Å². The van der Waals surface area contributed by atoms with E-state index in [2.05, 4.69) is 41.3 Å². The fourth-order valence-corrected chi connectivity index (χ4v) is 6.42. The number of para-hydroxylation sites is 1. The van der Waals surface area contributed by atoms with Crippen LogP contribution < -0.4 is 4.90 Å². The first-order chi connectivity index (χ1) is 15.6. The molecule has 4 nitrogen and oxygen atoms in total. The Morgan fingerprint density at radius 2 is 1.75 bits per heavy atom. The normalized spacial score (nSPS) is 25.6. The number of carbonyl (C=O) groups is 1. The second-order valence-electron chi connectivity index (χ2n) is 9.65. The predicted molar refractivity (Wildman–Crippen MR) is 128 cm³/mol. The second-order valence-corrected chi connectivity index (χ2v) is 9.65. The molecule has 0 bridgehead atoms. The summed E-state index contributed by atoms with van der Waals surface area (Å²) in [5, 5.41) is 14.1. The molecule has 1 aliphatic carbocycles. The summed E-state index contributed by atoms with van der Waals surface area (Å²) in [7, 11) is 0. The highest BCUT2D eigenvalue weighted by atomic mass is 16.3. The van der Waals surface area contributed by atoms with Gasteiger partial charge in [0.05, 0.1) is 5.69 Å². The number of hydrogen-bond acceptors (Lipinski definition) is 3. The van der Waals surface area contributed by atoms with Crippen LogP contribution in [0, 0.1) is 0 Å². The van der Waals surface area contributed by atoms with E-state index in [4.69, 9.17) is 0 Å². The lowest BCUT2D eigenvalue weighted by Crippen LogP contribution is -2.50. The Balaban J connectivity index is 1.24. The number of piperidine rings is 1. The van der Waals surface area contributed by atoms with E-state index in [0.29, 0.717) is 12.5 Å². The molecular weight excluding hydrogens is 396 g/mol. The second kappa shape index (κ2) is 7.43. The number of benzene rings is 3. The Labute approximate surface area is 189 Å². The molecule has 2 aliphatic heterocycles. The standard InChI is InChI=1S/C28H30N2O2/c1-2-15-28(32)23-11-3-4-12-24(23)30(27(28)31)21-13-16-29(17-14-21)25-18-20-9-5-7-19-8-6-10-22(25)26(19)20/h3-12,21,25,32H,2,13-18H2,1H3. The molecule has 164 valence electrons. The first-order valence-corrected chi connectivity index (χ1v) is 12.0. The fraction of sp³-hybridized carbons (Fsp3) is 0.393. The van der Waals surface area contributed by atoms with Gasteiger partial charge in [-0.15, -0.1) is 0 Å². The zero-order valence-electron chi connectivity index (χ0n) is 18.6. The van der Waals surface area contributed by atoms with Gasteiger partial charge in [-0.3, -0.25) is 9.69 Å². The average molecular weight is 427 g/mol. The molecule has 32 heavy (non-hydrogen) atoms. The largest absolute Gasteiger partial charge is 0.375 e. The Morgan fingerprint density at radius 1 is 1.00 bits per heavy atom. The first-order valence-electron chi connectivity index (χ1n) is 12.0. The van der Waals surface area contributed by atoms with E-state index in [0.717, 1.165) is 50.0 Å². The third kappa shape index (κ3) is 2.79. The molecular formula is C28H30N2O2. The smallest absolute Gasteiger partial charge is 0.263 e. The van der Waals surface area contributed by atoms with Gasteiger partial charge >= 0.3 is 0 Å². The highest BCUT2D eigenvalue weighted by molar-refractivity contribution is 6.07. The lowest BCUT2D eigenvalue weighted by atomic mass is 9.91. The van der Waals surface area contributed by atoms with E-state index in [1.54, 1.807) is 0 Å². The van der Waals surface area contributed by atoms with Crippen LogP contribution in [0.3, 0.4) is 0 Å². The topological polar surface area (TPSA) is 43.8 Å². The molecule has 3 aliphatic rings. The van der Waals surface area contributed by atoms with E-state index in [1.165, 1.54) is 21.9 Å². The van der Waals surface area contributed by atoms with Gasteiger partial charge in [-0.2, -0.15) is 0 Å². The van der Waals surface area contributed by atoms with E-state index in [9.17, 15) is 9.90 Å². The van der Waals surface area contributed by atoms with Crippen LogP contribution in [0.1, 0.15) is 55.3 Å². The molecule has 1 fully saturated rings. The van der Waals surface area contributed by atoms with Gasteiger partial charge in [0.2, 0.25) is 0 Å². The maximum absolute atomic E-state index is 13.4. The molecule has 0 radical (unpaired) electrons. The number of fused-ring (bicyclic) bond motifs is 1. The number of hydrogen-bond donors (Lipinski definition) is 1. The summed E-state index contributed by atoms with van der Waals surface area (Å²) in [6.45, 7) is 3.96. The van der Waals surface area contributed by atoms with Crippen LogP contribution in [-0.2, 0) is 16.8 Å². The van der Waals surface area contributed by atoms with Crippen molar-refractivity contribution in [3.63, 3.8) is 0 Å². The monoisotopic (exact) mass is 426 g/mol. The van der Waals surface area contributed by atoms with E-state index in [-0.39, 0.29) is 11.9 Å². The van der Waals surface area contributed by atoms with Crippen LogP contribution in [0.25, 0.3) is 10.8 Å². The highest BCUT2D eigenvalue weighted by Crippen LogP contribution is 2.46. The van der Waals surface area contributed by atoms with Crippen molar-refractivity contribution in [3.8, 4) is 0 Å². The number of rotatable bonds is 4. The zero-order valence-corrected chi connectivity index (χ0v) is 18.6. The summed E-state index contributed by atoms with van der Waals surface area (Å²) in [5.74, 6) is -0.128. The number of aliphatic hydroxyl groups is 1. The molecule has 3 aromatic rings. The predicted octanol–water partition coefficient (Wildman–Crippen LogP) is 4.94. The summed E-state index contributed by atoms with van der Waals surface area (Å²) in [6.07, 6.45) is 4.19. The number of nitrogens with zero attached hydrogens (tertiary/aromatic N) is 2. The quantitative estimate of drug-likeness (QED) is 0.643. The molecule has 2 heterocycles. The molecule has 1 saturated heterocycles. The Kier molecular flexibility index (Phi) is 4.63. The molecule has 2 unspecified atom stereocenters. The Hall–Kier alpha value is -2.69. The summed E-state index contributed by atoms with van der Waals surface area (Å²) in [6, 6.07) is 21.7. The van der Waals surface area contributed by atoms with Crippen LogP contribution in [-0.4, -0.2) is 35.0 Å². The third-order valence-electron chi connectivity index (χ3n) is 7.89. The molecule has 6 rings (SSSR count). The molecule has 3 aromatic carbocycles. The van der Waals surface area contributed by atoms with Crippen molar-refractivity contribution in [2.75, 3.05) is 18.0 Å². The zero-order chi connectivity index (χ0) is 21.9. The minimum absolute atomic E-state index is 0.128. The van der Waals surface area contributed by atoms with Gasteiger partial charge in [0.1, 0.15) is 0 Å². The lowest BCUT2D eigenvalue weighted by molar-refractivity contribution is -0.137. The van der Waals surface area contributed by atoms with Crippen LogP contribution in [0.15, 0.2) is 60.7 Å². The van der Waals surface area contributed by atoms with Crippen LogP contribution in [0.4, 0.5) is 5.69 Å². The number of carbonyl (C=O) groups excluding carboxylic acids is 1. The van der Waals surface area contributed by atoms with Crippen molar-refractivity contribution >= 4 is 22.4 Å². The van der Waals surface area contributed by atoms with Crippen molar-refractivity contribution < 1.29 is 9.90 Å². The van der Waals surface area contributed by atoms with E-state index in [1.807, 2.05) is 36.1 Å². The van der Waals surface area contributed by atoms with Crippen LogP contribution >= 0.6 is 0 Å². The van der Waals surface area contributed by atoms with E-state index >= 15 is 0 Å². The molecule has 0 aromatic heterocycles. The minimum Gasteiger partial charge on any atom is -0.375 e. The van der Waals surface area contributed by atoms with Crippen molar-refractivity contribution in [3.05, 3.63) is 77.4 Å². The maximum atomic E-state index is 13.4. The fourth-order valence-electron chi connectivity index (χ4n) is 6.42. The van der Waals surface area contributed by atoms with Gasteiger partial charge in [-0.1, -0.05) is 67.9 Å². The Morgan fingerprint density at radius 3 is 2.53 bits per heavy atom. The summed E-state index contributed by atoms with van der Waals surface area (Å²) in [4.78, 5) is 18.0. The van der Waals surface area contributed by atoms with Gasteiger partial charge in [-0.25, -0.2) is 0 Å². The molecule has 2 atom stereocenters. The van der Waals surface area contributed by atoms with Crippen LogP contribution in [0.2, 0.25) is 0 Å². The number of anilines is 1. The third-order valence-corrected chi connectivity index (χ3v) is 7.89. The molecule has 0 saturated carbocycles. The minimum atomic E-state index is -1.37. The summed E-state index contributed by atoms with van der Waals surface area (Å²) >= 11 is 0. The lowest BCUT2D eigenvalue weighted by Gasteiger charge is -2.40. The average Bonchev–Trinajstić information content (AvgIpc) is 3.30. The Bertz CT molecular complexity index is 1190. The van der Waals surface area contributed by atoms with Gasteiger partial charge in [0.15, 0.2) is 5.60 Å². The van der Waals surface area contributed by atoms with Gasteiger partial charge < -0.3 is 10.0 Å². The van der Waals surface area contributed by atoms with Gasteiger partial charge in [-0.05, 0) is 53.6 Å². The van der Waals surface area contributed by atoms with Crippen molar-refractivity contribution in [2.45, 2.75) is 56.7 Å². The summed E-state index contributed by atoms with van der Waals surface area (Å²) < 4.78 is 0. The highest BCUT2D eigenvalue weighted by Gasteiger charge is 2.51. The maximum Gasteiger partial charge on any atom is 0.263 e. The molecule has 0 spiro atoms. The number of amides is 1. The van der Waals surface area contributed by atoms with Crippen molar-refractivity contribution in [1.29, 1.82) is 0 Å². The molecule has 1 amide bonds. The van der Waals surface area contributed by atoms with E-state index < -0.39 is 5.60 Å². The van der Waals surface area contributed by atoms with Crippen molar-refractivity contribution in [2.24, 2.45) is 0 Å². The summed E-state index contributed by atoms with van der Waals surface area (Å²) in [5.41, 5.74) is 3.23. The van der Waals surface area contributed by atoms with Crippen LogP contribution in [0.5, 0.6) is 0 Å².